The Morgan fingerprint density at radius 2 is 2.20 bits per heavy atom. The number of furan rings is 1. The maximum atomic E-state index is 11.3. The van der Waals surface area contributed by atoms with Crippen LogP contribution in [0.3, 0.4) is 0 Å². The van der Waals surface area contributed by atoms with Crippen molar-refractivity contribution in [2.45, 2.75) is 33.2 Å². The standard InChI is InChI=1S/C14H17N3O3/c1-8(2)13-16-7-11(12(17-13)14(18)19)15-6-10-5-4-9(3)20-10/h4-5,7-8,15H,6H2,1-3H3,(H,18,19). The third kappa shape index (κ3) is 3.14. The van der Waals surface area contributed by atoms with E-state index in [1.165, 1.54) is 6.20 Å². The van der Waals surface area contributed by atoms with Gasteiger partial charge >= 0.3 is 5.97 Å². The number of aryl methyl sites for hydroxylation is 1. The van der Waals surface area contributed by atoms with Crippen LogP contribution in [-0.4, -0.2) is 21.0 Å². The Morgan fingerprint density at radius 3 is 2.75 bits per heavy atom. The predicted octanol–water partition coefficient (Wildman–Crippen LogP) is 2.81. The first-order valence-corrected chi connectivity index (χ1v) is 6.36. The minimum absolute atomic E-state index is 0.0213. The number of carbonyl (C=O) groups is 1. The fraction of sp³-hybridized carbons (Fsp3) is 0.357. The van der Waals surface area contributed by atoms with Crippen LogP contribution in [-0.2, 0) is 6.54 Å². The average Bonchev–Trinajstić information content (AvgIpc) is 2.81. The Bertz CT molecular complexity index is 620. The lowest BCUT2D eigenvalue weighted by Gasteiger charge is -2.10. The number of nitrogens with zero attached hydrogens (tertiary/aromatic N) is 2. The minimum Gasteiger partial charge on any atom is -0.476 e. The van der Waals surface area contributed by atoms with Crippen molar-refractivity contribution >= 4 is 11.7 Å². The van der Waals surface area contributed by atoms with E-state index >= 15 is 0 Å². The maximum absolute atomic E-state index is 11.3. The molecule has 20 heavy (non-hydrogen) atoms. The fourth-order valence-corrected chi connectivity index (χ4v) is 1.73. The van der Waals surface area contributed by atoms with Gasteiger partial charge in [-0.15, -0.1) is 0 Å². The lowest BCUT2D eigenvalue weighted by atomic mass is 10.2. The highest BCUT2D eigenvalue weighted by Gasteiger charge is 2.15. The van der Waals surface area contributed by atoms with E-state index in [9.17, 15) is 9.90 Å². The molecular weight excluding hydrogens is 258 g/mol. The lowest BCUT2D eigenvalue weighted by Crippen LogP contribution is -2.12. The van der Waals surface area contributed by atoms with Gasteiger partial charge < -0.3 is 14.8 Å². The highest BCUT2D eigenvalue weighted by Crippen LogP contribution is 2.17. The van der Waals surface area contributed by atoms with E-state index in [1.807, 2.05) is 32.9 Å². The van der Waals surface area contributed by atoms with Gasteiger partial charge in [0.05, 0.1) is 18.4 Å². The van der Waals surface area contributed by atoms with Crippen LogP contribution in [0.2, 0.25) is 0 Å². The summed E-state index contributed by atoms with van der Waals surface area (Å²) < 4.78 is 5.42. The van der Waals surface area contributed by atoms with Gasteiger partial charge in [-0.25, -0.2) is 14.8 Å². The first kappa shape index (κ1) is 14.0. The molecule has 0 aromatic carbocycles. The summed E-state index contributed by atoms with van der Waals surface area (Å²) in [5.41, 5.74) is 0.364. The molecular formula is C14H17N3O3. The van der Waals surface area contributed by atoms with Crippen molar-refractivity contribution in [2.24, 2.45) is 0 Å². The molecule has 6 heteroatoms. The summed E-state index contributed by atoms with van der Waals surface area (Å²) >= 11 is 0. The Morgan fingerprint density at radius 1 is 1.45 bits per heavy atom. The van der Waals surface area contributed by atoms with Crippen LogP contribution in [0.4, 0.5) is 5.69 Å². The van der Waals surface area contributed by atoms with Crippen LogP contribution >= 0.6 is 0 Å². The summed E-state index contributed by atoms with van der Waals surface area (Å²) in [6.45, 7) is 6.07. The van der Waals surface area contributed by atoms with E-state index in [0.717, 1.165) is 11.5 Å². The average molecular weight is 275 g/mol. The van der Waals surface area contributed by atoms with E-state index in [4.69, 9.17) is 4.42 Å². The highest BCUT2D eigenvalue weighted by atomic mass is 16.4. The van der Waals surface area contributed by atoms with Crippen LogP contribution in [0.15, 0.2) is 22.7 Å². The SMILES string of the molecule is Cc1ccc(CNc2cnc(C(C)C)nc2C(=O)O)o1. The Labute approximate surface area is 116 Å². The quantitative estimate of drug-likeness (QED) is 0.872. The zero-order valence-electron chi connectivity index (χ0n) is 11.7. The van der Waals surface area contributed by atoms with Crippen molar-refractivity contribution in [3.8, 4) is 0 Å². The number of carboxylic acids is 1. The molecule has 0 spiro atoms. The van der Waals surface area contributed by atoms with Gasteiger partial charge in [0.1, 0.15) is 17.3 Å². The topological polar surface area (TPSA) is 88.2 Å². The molecule has 2 N–H and O–H groups in total. The van der Waals surface area contributed by atoms with E-state index in [-0.39, 0.29) is 11.6 Å². The van der Waals surface area contributed by atoms with Crippen LogP contribution in [0, 0.1) is 6.92 Å². The molecule has 0 aliphatic heterocycles. The molecule has 0 bridgehead atoms. The number of hydrogen-bond acceptors (Lipinski definition) is 5. The van der Waals surface area contributed by atoms with Gasteiger partial charge in [-0.3, -0.25) is 0 Å². The van der Waals surface area contributed by atoms with Crippen molar-refractivity contribution < 1.29 is 14.3 Å². The Hall–Kier alpha value is -2.37. The van der Waals surface area contributed by atoms with Gasteiger partial charge in [0.15, 0.2) is 5.69 Å². The van der Waals surface area contributed by atoms with Crippen LogP contribution in [0.1, 0.15) is 47.6 Å². The van der Waals surface area contributed by atoms with Crippen LogP contribution in [0.25, 0.3) is 0 Å². The van der Waals surface area contributed by atoms with E-state index in [1.54, 1.807) is 0 Å². The smallest absolute Gasteiger partial charge is 0.356 e. The van der Waals surface area contributed by atoms with Gasteiger partial charge in [0, 0.05) is 5.92 Å². The third-order valence-corrected chi connectivity index (χ3v) is 2.78. The molecule has 0 fully saturated rings. The molecule has 6 nitrogen and oxygen atoms in total. The van der Waals surface area contributed by atoms with Crippen LogP contribution in [0.5, 0.6) is 0 Å². The molecule has 2 heterocycles. The second kappa shape index (κ2) is 5.73. The van der Waals surface area contributed by atoms with Crippen molar-refractivity contribution in [3.05, 3.63) is 41.4 Å². The molecule has 2 aromatic heterocycles. The molecule has 0 aliphatic carbocycles. The second-order valence-electron chi connectivity index (χ2n) is 4.82. The number of nitrogens with one attached hydrogen (secondary N) is 1. The van der Waals surface area contributed by atoms with Gasteiger partial charge in [-0.05, 0) is 19.1 Å². The van der Waals surface area contributed by atoms with Gasteiger partial charge in [-0.1, -0.05) is 13.8 Å². The summed E-state index contributed by atoms with van der Waals surface area (Å²) in [6, 6.07) is 3.69. The second-order valence-corrected chi connectivity index (χ2v) is 4.82. The molecule has 0 radical (unpaired) electrons. The summed E-state index contributed by atoms with van der Waals surface area (Å²) in [4.78, 5) is 19.5. The fourth-order valence-electron chi connectivity index (χ4n) is 1.73. The molecule has 0 atom stereocenters. The molecule has 2 aromatic rings. The summed E-state index contributed by atoms with van der Waals surface area (Å²) in [7, 11) is 0. The van der Waals surface area contributed by atoms with E-state index in [0.29, 0.717) is 18.1 Å². The van der Waals surface area contributed by atoms with E-state index < -0.39 is 5.97 Å². The van der Waals surface area contributed by atoms with Crippen molar-refractivity contribution in [1.29, 1.82) is 0 Å². The lowest BCUT2D eigenvalue weighted by molar-refractivity contribution is 0.0691. The Kier molecular flexibility index (Phi) is 4.02. The van der Waals surface area contributed by atoms with Gasteiger partial charge in [-0.2, -0.15) is 0 Å². The number of hydrogen-bond donors (Lipinski definition) is 2. The molecule has 106 valence electrons. The summed E-state index contributed by atoms with van der Waals surface area (Å²) in [5.74, 6) is 1.06. The maximum Gasteiger partial charge on any atom is 0.356 e. The molecule has 0 aliphatic rings. The zero-order chi connectivity index (χ0) is 14.7. The first-order valence-electron chi connectivity index (χ1n) is 6.36. The normalized spacial score (nSPS) is 10.8. The number of aromatic carboxylic acids is 1. The van der Waals surface area contributed by atoms with Crippen molar-refractivity contribution in [2.75, 3.05) is 5.32 Å². The number of rotatable bonds is 5. The number of aromatic nitrogens is 2. The van der Waals surface area contributed by atoms with Crippen molar-refractivity contribution in [3.63, 3.8) is 0 Å². The summed E-state index contributed by atoms with van der Waals surface area (Å²) in [5, 5.41) is 12.2. The monoisotopic (exact) mass is 275 g/mol. The molecule has 2 rings (SSSR count). The van der Waals surface area contributed by atoms with Crippen molar-refractivity contribution in [1.82, 2.24) is 9.97 Å². The molecule has 0 saturated heterocycles. The number of carboxylic acid groups (broad SMARTS) is 1. The van der Waals surface area contributed by atoms with Gasteiger partial charge in [0.2, 0.25) is 0 Å². The highest BCUT2D eigenvalue weighted by molar-refractivity contribution is 5.91. The predicted molar refractivity (Wildman–Crippen MR) is 73.9 cm³/mol. The largest absolute Gasteiger partial charge is 0.476 e. The zero-order valence-corrected chi connectivity index (χ0v) is 11.7. The Balaban J connectivity index is 2.20. The molecule has 0 unspecified atom stereocenters. The molecule has 0 amide bonds. The number of anilines is 1. The first-order chi connectivity index (χ1) is 9.47. The third-order valence-electron chi connectivity index (χ3n) is 2.78. The molecule has 0 saturated carbocycles. The van der Waals surface area contributed by atoms with Crippen LogP contribution < -0.4 is 5.32 Å². The van der Waals surface area contributed by atoms with Gasteiger partial charge in [0.25, 0.3) is 0 Å². The summed E-state index contributed by atoms with van der Waals surface area (Å²) in [6.07, 6.45) is 1.50. The minimum atomic E-state index is -1.08. The van der Waals surface area contributed by atoms with E-state index in [2.05, 4.69) is 15.3 Å².